The highest BCUT2D eigenvalue weighted by Crippen LogP contribution is 2.53. The van der Waals surface area contributed by atoms with Crippen molar-refractivity contribution in [3.63, 3.8) is 0 Å². The Morgan fingerprint density at radius 2 is 1.97 bits per heavy atom. The molecule has 6 rings (SSSR count). The molecule has 2 heterocycles. The molecule has 1 aromatic heterocycles. The summed E-state index contributed by atoms with van der Waals surface area (Å²) in [6.07, 6.45) is 9.89. The maximum Gasteiger partial charge on any atom is 0.254 e. The topological polar surface area (TPSA) is 61.5 Å². The molecule has 1 aliphatic heterocycles. The fourth-order valence-electron chi connectivity index (χ4n) is 5.88. The lowest BCUT2D eigenvalue weighted by molar-refractivity contribution is 0.214. The number of benzene rings is 1. The standard InChI is InChI=1S/C26H31FN4O2/c1-33-23-15-19(4-5-21(23)27)31-12-10-30(11-13-31)18-3-2-17(14-18)24-28-22-6-7-26(8-9-26)16-20(22)25(32)29-24/h4-5,14-15,18H,2-3,6-13,16H2,1H3,(H,28,29,32)/t18-/m1/s1. The van der Waals surface area contributed by atoms with Gasteiger partial charge in [-0.2, -0.15) is 0 Å². The third kappa shape index (κ3) is 3.86. The Labute approximate surface area is 193 Å². The molecule has 33 heavy (non-hydrogen) atoms. The van der Waals surface area contributed by atoms with Gasteiger partial charge in [-0.25, -0.2) is 9.37 Å². The summed E-state index contributed by atoms with van der Waals surface area (Å²) in [4.78, 5) is 25.6. The van der Waals surface area contributed by atoms with Crippen LogP contribution in [0.15, 0.2) is 29.1 Å². The number of aryl methyl sites for hydroxylation is 1. The van der Waals surface area contributed by atoms with Gasteiger partial charge >= 0.3 is 0 Å². The summed E-state index contributed by atoms with van der Waals surface area (Å²) in [6, 6.07) is 5.45. The highest BCUT2D eigenvalue weighted by Gasteiger charge is 2.45. The molecular weight excluding hydrogens is 419 g/mol. The summed E-state index contributed by atoms with van der Waals surface area (Å²) >= 11 is 0. The molecule has 0 amide bonds. The first kappa shape index (κ1) is 20.9. The number of halogens is 1. The van der Waals surface area contributed by atoms with Gasteiger partial charge in [-0.15, -0.1) is 0 Å². The van der Waals surface area contributed by atoms with E-state index in [1.54, 1.807) is 6.07 Å². The number of allylic oxidation sites excluding steroid dienone is 1. The number of H-pyrrole nitrogens is 1. The van der Waals surface area contributed by atoms with Crippen molar-refractivity contribution in [3.8, 4) is 5.75 Å². The molecule has 3 aliphatic carbocycles. The molecule has 1 spiro atoms. The van der Waals surface area contributed by atoms with Crippen LogP contribution in [0.2, 0.25) is 0 Å². The van der Waals surface area contributed by atoms with Crippen LogP contribution < -0.4 is 15.2 Å². The molecule has 4 aliphatic rings. The Morgan fingerprint density at radius 3 is 2.73 bits per heavy atom. The van der Waals surface area contributed by atoms with Crippen molar-refractivity contribution in [2.24, 2.45) is 5.41 Å². The molecule has 6 nitrogen and oxygen atoms in total. The Morgan fingerprint density at radius 1 is 1.15 bits per heavy atom. The average molecular weight is 451 g/mol. The molecule has 7 heteroatoms. The van der Waals surface area contributed by atoms with Gasteiger partial charge in [0.15, 0.2) is 11.6 Å². The van der Waals surface area contributed by atoms with Crippen LogP contribution >= 0.6 is 0 Å². The quantitative estimate of drug-likeness (QED) is 0.772. The Bertz CT molecular complexity index is 1160. The maximum atomic E-state index is 13.7. The molecule has 2 fully saturated rings. The second-order valence-electron chi connectivity index (χ2n) is 10.2. The monoisotopic (exact) mass is 450 g/mol. The van der Waals surface area contributed by atoms with Gasteiger partial charge in [0.1, 0.15) is 5.82 Å². The molecule has 1 atom stereocenters. The van der Waals surface area contributed by atoms with Crippen molar-refractivity contribution in [1.82, 2.24) is 14.9 Å². The molecule has 0 unspecified atom stereocenters. The van der Waals surface area contributed by atoms with E-state index in [2.05, 4.69) is 20.9 Å². The zero-order chi connectivity index (χ0) is 22.6. The van der Waals surface area contributed by atoms with Crippen LogP contribution in [0.25, 0.3) is 5.57 Å². The molecule has 1 N–H and O–H groups in total. The van der Waals surface area contributed by atoms with Crippen LogP contribution in [0.1, 0.15) is 49.2 Å². The average Bonchev–Trinajstić information content (AvgIpc) is 3.39. The lowest BCUT2D eigenvalue weighted by Crippen LogP contribution is -2.49. The molecule has 2 aromatic rings. The smallest absolute Gasteiger partial charge is 0.254 e. The predicted octanol–water partition coefficient (Wildman–Crippen LogP) is 3.55. The van der Waals surface area contributed by atoms with E-state index in [4.69, 9.17) is 9.72 Å². The molecular formula is C26H31FN4O2. The van der Waals surface area contributed by atoms with Crippen LogP contribution in [0.4, 0.5) is 10.1 Å². The summed E-state index contributed by atoms with van der Waals surface area (Å²) in [5, 5.41) is 0. The number of anilines is 1. The van der Waals surface area contributed by atoms with E-state index in [9.17, 15) is 9.18 Å². The van der Waals surface area contributed by atoms with Crippen LogP contribution in [-0.4, -0.2) is 54.2 Å². The second kappa shape index (κ2) is 7.97. The first-order valence-electron chi connectivity index (χ1n) is 12.2. The van der Waals surface area contributed by atoms with E-state index in [-0.39, 0.29) is 17.1 Å². The number of methoxy groups -OCH3 is 1. The predicted molar refractivity (Wildman–Crippen MR) is 126 cm³/mol. The third-order valence-corrected chi connectivity index (χ3v) is 8.19. The van der Waals surface area contributed by atoms with E-state index in [1.165, 1.54) is 38.0 Å². The number of hydrogen-bond donors (Lipinski definition) is 1. The van der Waals surface area contributed by atoms with Crippen LogP contribution in [-0.2, 0) is 12.8 Å². The summed E-state index contributed by atoms with van der Waals surface area (Å²) in [6.45, 7) is 3.68. The maximum absolute atomic E-state index is 13.7. The largest absolute Gasteiger partial charge is 0.494 e. The molecule has 0 radical (unpaired) electrons. The number of fused-ring (bicyclic) bond motifs is 1. The molecule has 0 bridgehead atoms. The number of rotatable bonds is 4. The number of hydrogen-bond acceptors (Lipinski definition) is 5. The van der Waals surface area contributed by atoms with Crippen molar-refractivity contribution in [1.29, 1.82) is 0 Å². The minimum Gasteiger partial charge on any atom is -0.494 e. The minimum absolute atomic E-state index is 0.0775. The molecule has 1 aromatic carbocycles. The van der Waals surface area contributed by atoms with Gasteiger partial charge in [-0.3, -0.25) is 9.69 Å². The lowest BCUT2D eigenvalue weighted by Gasteiger charge is -2.38. The van der Waals surface area contributed by atoms with Crippen molar-refractivity contribution >= 4 is 11.3 Å². The van der Waals surface area contributed by atoms with Crippen LogP contribution in [0, 0.1) is 11.2 Å². The first-order valence-corrected chi connectivity index (χ1v) is 12.2. The van der Waals surface area contributed by atoms with Crippen molar-refractivity contribution in [2.45, 2.75) is 51.0 Å². The zero-order valence-corrected chi connectivity index (χ0v) is 19.2. The highest BCUT2D eigenvalue weighted by molar-refractivity contribution is 5.63. The van der Waals surface area contributed by atoms with Crippen LogP contribution in [0.3, 0.4) is 0 Å². The third-order valence-electron chi connectivity index (χ3n) is 8.19. The lowest BCUT2D eigenvalue weighted by atomic mass is 9.84. The first-order chi connectivity index (χ1) is 16.0. The highest BCUT2D eigenvalue weighted by atomic mass is 19.1. The van der Waals surface area contributed by atoms with Gasteiger partial charge in [0.25, 0.3) is 5.56 Å². The zero-order valence-electron chi connectivity index (χ0n) is 19.2. The number of nitrogens with zero attached hydrogens (tertiary/aromatic N) is 3. The van der Waals surface area contributed by atoms with E-state index >= 15 is 0 Å². The van der Waals surface area contributed by atoms with Gasteiger partial charge in [0, 0.05) is 49.5 Å². The number of nitrogens with one attached hydrogen (secondary N) is 1. The fourth-order valence-corrected chi connectivity index (χ4v) is 5.88. The number of aromatic amines is 1. The number of piperazine rings is 1. The number of ether oxygens (including phenoxy) is 1. The van der Waals surface area contributed by atoms with Crippen LogP contribution in [0.5, 0.6) is 5.75 Å². The van der Waals surface area contributed by atoms with Gasteiger partial charge < -0.3 is 14.6 Å². The Balaban J connectivity index is 1.13. The van der Waals surface area contributed by atoms with E-state index in [1.807, 2.05) is 6.07 Å². The van der Waals surface area contributed by atoms with E-state index in [0.717, 1.165) is 74.6 Å². The summed E-state index contributed by atoms with van der Waals surface area (Å²) in [5.41, 5.74) is 4.64. The van der Waals surface area contributed by atoms with Crippen molar-refractivity contribution < 1.29 is 9.13 Å². The van der Waals surface area contributed by atoms with Gasteiger partial charge in [-0.05, 0) is 68.1 Å². The Kier molecular flexibility index (Phi) is 5.05. The van der Waals surface area contributed by atoms with Gasteiger partial charge in [-0.1, -0.05) is 6.08 Å². The van der Waals surface area contributed by atoms with Crippen molar-refractivity contribution in [2.75, 3.05) is 38.2 Å². The normalized spacial score (nSPS) is 24.0. The van der Waals surface area contributed by atoms with E-state index in [0.29, 0.717) is 11.5 Å². The second-order valence-corrected chi connectivity index (χ2v) is 10.2. The van der Waals surface area contributed by atoms with E-state index < -0.39 is 0 Å². The summed E-state index contributed by atoms with van der Waals surface area (Å²) in [7, 11) is 1.50. The Hall–Kier alpha value is -2.67. The van der Waals surface area contributed by atoms with Gasteiger partial charge in [0.05, 0.1) is 12.8 Å². The SMILES string of the molecule is COc1cc(N2CCN([C@H]3C=C(c4nc5c(c(=O)[nH]4)CC4(CC5)CC4)CC3)CC2)ccc1F. The van der Waals surface area contributed by atoms with Gasteiger partial charge in [0.2, 0.25) is 0 Å². The molecule has 1 saturated carbocycles. The van der Waals surface area contributed by atoms with Crippen molar-refractivity contribution in [3.05, 3.63) is 57.5 Å². The number of aromatic nitrogens is 2. The summed E-state index contributed by atoms with van der Waals surface area (Å²) < 4.78 is 18.9. The molecule has 174 valence electrons. The summed E-state index contributed by atoms with van der Waals surface area (Å²) in [5.74, 6) is 0.742. The minimum atomic E-state index is -0.329. The fraction of sp³-hybridized carbons (Fsp3) is 0.538. The molecule has 1 saturated heterocycles.